The molecule has 1 saturated heterocycles. The molecule has 0 radical (unpaired) electrons. The molecule has 17 heavy (non-hydrogen) atoms. The van der Waals surface area contributed by atoms with Crippen LogP contribution < -0.4 is 5.32 Å². The Morgan fingerprint density at radius 3 is 2.65 bits per heavy atom. The van der Waals surface area contributed by atoms with Gasteiger partial charge in [-0.1, -0.05) is 19.1 Å². The first kappa shape index (κ1) is 13.6. The monoisotopic (exact) mass is 235 g/mol. The lowest BCUT2D eigenvalue weighted by molar-refractivity contribution is -0.104. The minimum atomic E-state index is 0.688. The third kappa shape index (κ3) is 4.15. The van der Waals surface area contributed by atoms with Crippen molar-refractivity contribution in [3.05, 3.63) is 23.9 Å². The molecule has 0 bridgehead atoms. The van der Waals surface area contributed by atoms with Gasteiger partial charge >= 0.3 is 0 Å². The molecule has 94 valence electrons. The summed E-state index contributed by atoms with van der Waals surface area (Å²) in [5.74, 6) is 0.793. The largest absolute Gasteiger partial charge is 0.353 e. The first-order valence-electron chi connectivity index (χ1n) is 6.13. The van der Waals surface area contributed by atoms with Gasteiger partial charge in [0.15, 0.2) is 6.29 Å². The van der Waals surface area contributed by atoms with Crippen LogP contribution in [-0.2, 0) is 4.79 Å². The Labute approximate surface area is 103 Å². The van der Waals surface area contributed by atoms with Gasteiger partial charge in [-0.3, -0.25) is 4.79 Å². The van der Waals surface area contributed by atoms with E-state index in [-0.39, 0.29) is 0 Å². The minimum absolute atomic E-state index is 0.688. The maximum Gasteiger partial charge on any atom is 0.153 e. The zero-order valence-electron chi connectivity index (χ0n) is 10.6. The van der Waals surface area contributed by atoms with Gasteiger partial charge in [-0.2, -0.15) is 0 Å². The van der Waals surface area contributed by atoms with E-state index in [1.807, 2.05) is 26.0 Å². The molecule has 4 heteroatoms. The molecule has 1 aliphatic heterocycles. The molecule has 1 fully saturated rings. The van der Waals surface area contributed by atoms with Crippen molar-refractivity contribution >= 4 is 12.1 Å². The summed E-state index contributed by atoms with van der Waals surface area (Å²) >= 11 is 0. The van der Waals surface area contributed by atoms with Crippen molar-refractivity contribution in [2.45, 2.75) is 20.3 Å². The van der Waals surface area contributed by atoms with Crippen LogP contribution in [-0.4, -0.2) is 43.2 Å². The summed E-state index contributed by atoms with van der Waals surface area (Å²) in [7, 11) is 0. The van der Waals surface area contributed by atoms with Gasteiger partial charge in [0.2, 0.25) is 0 Å². The number of aliphatic imine (C=N–C) groups is 1. The highest BCUT2D eigenvalue weighted by Crippen LogP contribution is 2.06. The van der Waals surface area contributed by atoms with E-state index in [4.69, 9.17) is 0 Å². The molecule has 0 unspecified atom stereocenters. The molecule has 0 aliphatic carbocycles. The highest BCUT2D eigenvalue weighted by Gasteiger charge is 2.17. The fraction of sp³-hybridized carbons (Fsp3) is 0.538. The molecule has 4 nitrogen and oxygen atoms in total. The molecule has 0 atom stereocenters. The summed E-state index contributed by atoms with van der Waals surface area (Å²) in [6.07, 6.45) is 7.28. The van der Waals surface area contributed by atoms with E-state index in [2.05, 4.69) is 15.2 Å². The van der Waals surface area contributed by atoms with Crippen LogP contribution in [0, 0.1) is 0 Å². The van der Waals surface area contributed by atoms with Gasteiger partial charge in [-0.15, -0.1) is 0 Å². The first-order chi connectivity index (χ1) is 8.33. The van der Waals surface area contributed by atoms with Gasteiger partial charge in [0.1, 0.15) is 5.84 Å². The van der Waals surface area contributed by atoms with E-state index < -0.39 is 0 Å². The number of piperazine rings is 1. The Hall–Kier alpha value is -1.42. The highest BCUT2D eigenvalue weighted by molar-refractivity contribution is 6.13. The summed E-state index contributed by atoms with van der Waals surface area (Å²) in [6, 6.07) is 0. The molecule has 0 aromatic carbocycles. The first-order valence-corrected chi connectivity index (χ1v) is 6.13. The molecule has 0 aromatic rings. The predicted molar refractivity (Wildman–Crippen MR) is 71.1 cm³/mol. The van der Waals surface area contributed by atoms with Crippen LogP contribution in [0.3, 0.4) is 0 Å². The smallest absolute Gasteiger partial charge is 0.153 e. The molecule has 0 spiro atoms. The van der Waals surface area contributed by atoms with Crippen molar-refractivity contribution < 1.29 is 4.79 Å². The maximum atomic E-state index is 11.1. The van der Waals surface area contributed by atoms with Crippen LogP contribution in [0.4, 0.5) is 0 Å². The average molecular weight is 235 g/mol. The second kappa shape index (κ2) is 7.79. The number of aldehydes is 1. The topological polar surface area (TPSA) is 44.7 Å². The number of allylic oxidation sites excluding steroid dienone is 2. The standard InChI is InChI=1S/C13H21N3O/c1-3-5-12(11-17)13(15-6-4-2)16-9-7-14-8-10-16/h4-6,11,14H,3,7-10H2,1-2H3/b6-4-,12-5+,15-13-. The van der Waals surface area contributed by atoms with Crippen LogP contribution >= 0.6 is 0 Å². The van der Waals surface area contributed by atoms with Gasteiger partial charge in [-0.05, 0) is 13.3 Å². The Balaban J connectivity index is 2.92. The van der Waals surface area contributed by atoms with Gasteiger partial charge in [0.25, 0.3) is 0 Å². The van der Waals surface area contributed by atoms with Gasteiger partial charge in [-0.25, -0.2) is 4.99 Å². The van der Waals surface area contributed by atoms with Gasteiger partial charge in [0.05, 0.1) is 5.57 Å². The third-order valence-corrected chi connectivity index (χ3v) is 2.57. The van der Waals surface area contributed by atoms with E-state index in [1.165, 1.54) is 0 Å². The van der Waals surface area contributed by atoms with Crippen molar-refractivity contribution in [3.8, 4) is 0 Å². The van der Waals surface area contributed by atoms with Gasteiger partial charge in [0, 0.05) is 32.4 Å². The SMILES string of the molecule is C\C=C/N=C(/C(C=O)=C/CC)N1CCNCC1. The molecule has 0 saturated carbocycles. The van der Waals surface area contributed by atoms with E-state index in [0.717, 1.165) is 44.7 Å². The maximum absolute atomic E-state index is 11.1. The number of nitrogens with one attached hydrogen (secondary N) is 1. The minimum Gasteiger partial charge on any atom is -0.353 e. The van der Waals surface area contributed by atoms with E-state index in [1.54, 1.807) is 6.20 Å². The Bertz CT molecular complexity index is 326. The Kier molecular flexibility index (Phi) is 6.25. The molecular formula is C13H21N3O. The van der Waals surface area contributed by atoms with E-state index in [9.17, 15) is 4.79 Å². The third-order valence-electron chi connectivity index (χ3n) is 2.57. The number of rotatable bonds is 4. The Morgan fingerprint density at radius 1 is 1.41 bits per heavy atom. The molecular weight excluding hydrogens is 214 g/mol. The van der Waals surface area contributed by atoms with Crippen LogP contribution in [0.5, 0.6) is 0 Å². The zero-order chi connectivity index (χ0) is 12.5. The average Bonchev–Trinajstić information content (AvgIpc) is 2.39. The normalized spacial score (nSPS) is 18.8. The lowest BCUT2D eigenvalue weighted by Crippen LogP contribution is -2.47. The summed E-state index contributed by atoms with van der Waals surface area (Å²) in [5, 5.41) is 3.29. The quantitative estimate of drug-likeness (QED) is 0.346. The molecule has 1 rings (SSSR count). The summed E-state index contributed by atoms with van der Waals surface area (Å²) in [5.41, 5.74) is 0.688. The molecule has 1 heterocycles. The number of nitrogens with zero attached hydrogens (tertiary/aromatic N) is 2. The van der Waals surface area contributed by atoms with Crippen LogP contribution in [0.15, 0.2) is 28.9 Å². The fourth-order valence-corrected chi connectivity index (χ4v) is 1.77. The van der Waals surface area contributed by atoms with E-state index in [0.29, 0.717) is 5.57 Å². The fourth-order valence-electron chi connectivity index (χ4n) is 1.77. The number of amidine groups is 1. The number of hydrogen-bond acceptors (Lipinski definition) is 3. The number of carbonyl (C=O) groups is 1. The Morgan fingerprint density at radius 2 is 2.12 bits per heavy atom. The lowest BCUT2D eigenvalue weighted by Gasteiger charge is -2.30. The summed E-state index contributed by atoms with van der Waals surface area (Å²) < 4.78 is 0. The highest BCUT2D eigenvalue weighted by atomic mass is 16.1. The van der Waals surface area contributed by atoms with Crippen molar-refractivity contribution in [2.75, 3.05) is 26.2 Å². The second-order valence-corrected chi connectivity index (χ2v) is 3.86. The van der Waals surface area contributed by atoms with Crippen LogP contribution in [0.25, 0.3) is 0 Å². The second-order valence-electron chi connectivity index (χ2n) is 3.86. The number of hydrogen-bond donors (Lipinski definition) is 1. The zero-order valence-corrected chi connectivity index (χ0v) is 10.6. The van der Waals surface area contributed by atoms with Crippen molar-refractivity contribution in [3.63, 3.8) is 0 Å². The van der Waals surface area contributed by atoms with Crippen molar-refractivity contribution in [1.82, 2.24) is 10.2 Å². The molecule has 1 aliphatic rings. The van der Waals surface area contributed by atoms with Crippen molar-refractivity contribution in [1.29, 1.82) is 0 Å². The van der Waals surface area contributed by atoms with Crippen molar-refractivity contribution in [2.24, 2.45) is 4.99 Å². The lowest BCUT2D eigenvalue weighted by atomic mass is 10.2. The molecule has 0 amide bonds. The van der Waals surface area contributed by atoms with Crippen LogP contribution in [0.1, 0.15) is 20.3 Å². The van der Waals surface area contributed by atoms with Crippen LogP contribution in [0.2, 0.25) is 0 Å². The van der Waals surface area contributed by atoms with E-state index >= 15 is 0 Å². The molecule has 1 N–H and O–H groups in total. The predicted octanol–water partition coefficient (Wildman–Crippen LogP) is 1.36. The van der Waals surface area contributed by atoms with Gasteiger partial charge < -0.3 is 10.2 Å². The number of carbonyl (C=O) groups excluding carboxylic acids is 1. The molecule has 0 aromatic heterocycles. The summed E-state index contributed by atoms with van der Waals surface area (Å²) in [4.78, 5) is 17.7. The summed E-state index contributed by atoms with van der Waals surface area (Å²) in [6.45, 7) is 7.61.